The summed E-state index contributed by atoms with van der Waals surface area (Å²) in [6.45, 7) is 1.56. The summed E-state index contributed by atoms with van der Waals surface area (Å²) < 4.78 is 0. The minimum Gasteiger partial charge on any atom is -0.338 e. The summed E-state index contributed by atoms with van der Waals surface area (Å²) in [6.07, 6.45) is 0.463. The SMILES string of the molecule is O=C(NCCCl)NCC1CC(=O)N(c2ccccc2)C1. The van der Waals surface area contributed by atoms with Crippen LogP contribution in [0.1, 0.15) is 6.42 Å². The Morgan fingerprint density at radius 3 is 2.75 bits per heavy atom. The summed E-state index contributed by atoms with van der Waals surface area (Å²) in [6, 6.07) is 9.34. The van der Waals surface area contributed by atoms with E-state index in [9.17, 15) is 9.59 Å². The lowest BCUT2D eigenvalue weighted by molar-refractivity contribution is -0.117. The van der Waals surface area contributed by atoms with Crippen LogP contribution in [0.5, 0.6) is 0 Å². The van der Waals surface area contributed by atoms with E-state index in [1.807, 2.05) is 30.3 Å². The Kier molecular flexibility index (Phi) is 5.24. The molecule has 0 bridgehead atoms. The Morgan fingerprint density at radius 2 is 2.05 bits per heavy atom. The Balaban J connectivity index is 1.82. The molecule has 0 aliphatic carbocycles. The number of nitrogens with one attached hydrogen (secondary N) is 2. The van der Waals surface area contributed by atoms with Gasteiger partial charge in [0.25, 0.3) is 0 Å². The van der Waals surface area contributed by atoms with E-state index >= 15 is 0 Å². The molecule has 0 radical (unpaired) electrons. The highest BCUT2D eigenvalue weighted by Gasteiger charge is 2.30. The van der Waals surface area contributed by atoms with Crippen molar-refractivity contribution in [1.82, 2.24) is 10.6 Å². The fraction of sp³-hybridized carbons (Fsp3) is 0.429. The van der Waals surface area contributed by atoms with E-state index in [2.05, 4.69) is 10.6 Å². The number of nitrogens with zero attached hydrogens (tertiary/aromatic N) is 1. The summed E-state index contributed by atoms with van der Waals surface area (Å²) in [5.41, 5.74) is 0.909. The van der Waals surface area contributed by atoms with E-state index in [-0.39, 0.29) is 17.9 Å². The van der Waals surface area contributed by atoms with Crippen LogP contribution >= 0.6 is 11.6 Å². The van der Waals surface area contributed by atoms with Crippen LogP contribution in [-0.2, 0) is 4.79 Å². The summed E-state index contributed by atoms with van der Waals surface area (Å²) in [7, 11) is 0. The predicted octanol–water partition coefficient (Wildman–Crippen LogP) is 1.58. The maximum Gasteiger partial charge on any atom is 0.314 e. The minimum atomic E-state index is -0.240. The highest BCUT2D eigenvalue weighted by molar-refractivity contribution is 6.18. The monoisotopic (exact) mass is 295 g/mol. The molecule has 0 saturated carbocycles. The van der Waals surface area contributed by atoms with E-state index < -0.39 is 0 Å². The third kappa shape index (κ3) is 3.87. The third-order valence-corrected chi connectivity index (χ3v) is 3.39. The lowest BCUT2D eigenvalue weighted by Crippen LogP contribution is -2.39. The zero-order valence-electron chi connectivity index (χ0n) is 11.1. The minimum absolute atomic E-state index is 0.101. The second-order valence-corrected chi connectivity index (χ2v) is 5.11. The first-order valence-corrected chi connectivity index (χ1v) is 7.17. The first-order valence-electron chi connectivity index (χ1n) is 6.64. The summed E-state index contributed by atoms with van der Waals surface area (Å²) in [4.78, 5) is 25.2. The molecular formula is C14H18ClN3O2. The van der Waals surface area contributed by atoms with Crippen molar-refractivity contribution in [2.75, 3.05) is 30.4 Å². The maximum atomic E-state index is 12.0. The van der Waals surface area contributed by atoms with Crippen LogP contribution in [0, 0.1) is 5.92 Å². The molecule has 108 valence electrons. The fourth-order valence-corrected chi connectivity index (χ4v) is 2.33. The lowest BCUT2D eigenvalue weighted by Gasteiger charge is -2.16. The van der Waals surface area contributed by atoms with E-state index in [4.69, 9.17) is 11.6 Å². The van der Waals surface area contributed by atoms with Crippen LogP contribution in [0.2, 0.25) is 0 Å². The molecule has 0 spiro atoms. The number of carbonyl (C=O) groups is 2. The number of hydrogen-bond acceptors (Lipinski definition) is 2. The molecule has 1 aliphatic heterocycles. The first kappa shape index (κ1) is 14.7. The maximum absolute atomic E-state index is 12.0. The van der Waals surface area contributed by atoms with Crippen LogP contribution in [-0.4, -0.2) is 37.5 Å². The molecule has 1 atom stereocenters. The quantitative estimate of drug-likeness (QED) is 0.810. The van der Waals surface area contributed by atoms with Crippen molar-refractivity contribution in [1.29, 1.82) is 0 Å². The highest BCUT2D eigenvalue weighted by atomic mass is 35.5. The number of para-hydroxylation sites is 1. The van der Waals surface area contributed by atoms with Crippen molar-refractivity contribution in [3.05, 3.63) is 30.3 Å². The van der Waals surface area contributed by atoms with Crippen LogP contribution in [0.3, 0.4) is 0 Å². The van der Waals surface area contributed by atoms with E-state index in [1.165, 1.54) is 0 Å². The largest absolute Gasteiger partial charge is 0.338 e. The summed E-state index contributed by atoms with van der Waals surface area (Å²) in [5, 5.41) is 5.39. The summed E-state index contributed by atoms with van der Waals surface area (Å²) in [5.74, 6) is 0.630. The highest BCUT2D eigenvalue weighted by Crippen LogP contribution is 2.24. The first-order chi connectivity index (χ1) is 9.70. The number of hydrogen-bond donors (Lipinski definition) is 2. The van der Waals surface area contributed by atoms with Gasteiger partial charge in [0.15, 0.2) is 0 Å². The van der Waals surface area contributed by atoms with E-state index in [1.54, 1.807) is 4.90 Å². The number of urea groups is 1. The number of anilines is 1. The number of rotatable bonds is 5. The molecule has 1 unspecified atom stereocenters. The molecule has 5 nitrogen and oxygen atoms in total. The van der Waals surface area contributed by atoms with Gasteiger partial charge in [-0.3, -0.25) is 4.79 Å². The molecule has 1 heterocycles. The molecular weight excluding hydrogens is 278 g/mol. The second-order valence-electron chi connectivity index (χ2n) is 4.74. The molecule has 1 aromatic rings. The van der Waals surface area contributed by atoms with Gasteiger partial charge in [-0.15, -0.1) is 11.6 Å². The molecule has 20 heavy (non-hydrogen) atoms. The third-order valence-electron chi connectivity index (χ3n) is 3.20. The van der Waals surface area contributed by atoms with Gasteiger partial charge in [-0.25, -0.2) is 4.79 Å². The van der Waals surface area contributed by atoms with E-state index in [0.29, 0.717) is 31.9 Å². The zero-order chi connectivity index (χ0) is 14.4. The average molecular weight is 296 g/mol. The molecule has 1 fully saturated rings. The van der Waals surface area contributed by atoms with Crippen LogP contribution < -0.4 is 15.5 Å². The van der Waals surface area contributed by atoms with Gasteiger partial charge in [-0.1, -0.05) is 18.2 Å². The number of alkyl halides is 1. The van der Waals surface area contributed by atoms with Crippen LogP contribution in [0.25, 0.3) is 0 Å². The second kappa shape index (κ2) is 7.14. The molecule has 2 rings (SSSR count). The normalized spacial score (nSPS) is 18.1. The molecule has 1 aliphatic rings. The molecule has 1 saturated heterocycles. The molecule has 1 aromatic carbocycles. The van der Waals surface area contributed by atoms with Crippen molar-refractivity contribution >= 4 is 29.2 Å². The lowest BCUT2D eigenvalue weighted by atomic mass is 10.1. The molecule has 6 heteroatoms. The number of carbonyl (C=O) groups excluding carboxylic acids is 2. The van der Waals surface area contributed by atoms with Gasteiger partial charge < -0.3 is 15.5 Å². The zero-order valence-corrected chi connectivity index (χ0v) is 11.9. The van der Waals surface area contributed by atoms with Crippen molar-refractivity contribution < 1.29 is 9.59 Å². The number of halogens is 1. The number of benzene rings is 1. The van der Waals surface area contributed by atoms with Crippen molar-refractivity contribution in [3.63, 3.8) is 0 Å². The van der Waals surface area contributed by atoms with Gasteiger partial charge in [-0.05, 0) is 12.1 Å². The molecule has 0 aromatic heterocycles. The van der Waals surface area contributed by atoms with Crippen molar-refractivity contribution in [3.8, 4) is 0 Å². The average Bonchev–Trinajstić information content (AvgIpc) is 2.85. The van der Waals surface area contributed by atoms with Crippen molar-refractivity contribution in [2.24, 2.45) is 5.92 Å². The molecule has 2 N–H and O–H groups in total. The predicted molar refractivity (Wildman–Crippen MR) is 79.0 cm³/mol. The van der Waals surface area contributed by atoms with Gasteiger partial charge in [0.1, 0.15) is 0 Å². The van der Waals surface area contributed by atoms with Gasteiger partial charge in [0.2, 0.25) is 5.91 Å². The van der Waals surface area contributed by atoms with Gasteiger partial charge in [0.05, 0.1) is 0 Å². The van der Waals surface area contributed by atoms with Gasteiger partial charge in [-0.2, -0.15) is 0 Å². The van der Waals surface area contributed by atoms with E-state index in [0.717, 1.165) is 5.69 Å². The number of amides is 3. The Morgan fingerprint density at radius 1 is 1.30 bits per heavy atom. The summed E-state index contributed by atoms with van der Waals surface area (Å²) >= 11 is 5.49. The molecule has 3 amide bonds. The van der Waals surface area contributed by atoms with Crippen LogP contribution in [0.15, 0.2) is 30.3 Å². The standard InChI is InChI=1S/C14H18ClN3O2/c15-6-7-16-14(20)17-9-11-8-13(19)18(10-11)12-4-2-1-3-5-12/h1-5,11H,6-10H2,(H2,16,17,20). The Labute approximate surface area is 123 Å². The Hall–Kier alpha value is -1.75. The van der Waals surface area contributed by atoms with Gasteiger partial charge >= 0.3 is 6.03 Å². The fourth-order valence-electron chi connectivity index (χ4n) is 2.24. The van der Waals surface area contributed by atoms with Crippen molar-refractivity contribution in [2.45, 2.75) is 6.42 Å². The smallest absolute Gasteiger partial charge is 0.314 e. The Bertz CT molecular complexity index is 467. The topological polar surface area (TPSA) is 61.4 Å². The van der Waals surface area contributed by atoms with Crippen LogP contribution in [0.4, 0.5) is 10.5 Å². The van der Waals surface area contributed by atoms with Gasteiger partial charge in [0, 0.05) is 43.5 Å².